The number of rotatable bonds is 2. The Kier molecular flexibility index (Phi) is 3.42. The smallest absolute Gasteiger partial charge is 0.139 e. The average molecular weight is 280 g/mol. The summed E-state index contributed by atoms with van der Waals surface area (Å²) in [5, 5.41) is 10.1. The highest BCUT2D eigenvalue weighted by atomic mass is 16.3. The molecule has 1 N–H and O–H groups in total. The molecule has 21 heavy (non-hydrogen) atoms. The second kappa shape index (κ2) is 5.24. The summed E-state index contributed by atoms with van der Waals surface area (Å²) in [5.74, 6) is 1.15. The zero-order valence-electron chi connectivity index (χ0n) is 12.7. The molecular weight excluding hydrogens is 260 g/mol. The van der Waals surface area contributed by atoms with E-state index in [9.17, 15) is 5.11 Å². The lowest BCUT2D eigenvalue weighted by atomic mass is 10.0. The minimum atomic E-state index is 0.283. The van der Waals surface area contributed by atoms with Gasteiger partial charge in [0.25, 0.3) is 0 Å². The van der Waals surface area contributed by atoms with E-state index in [2.05, 4.69) is 42.8 Å². The van der Waals surface area contributed by atoms with Crippen LogP contribution in [0.25, 0.3) is 0 Å². The van der Waals surface area contributed by atoms with Crippen LogP contribution in [-0.2, 0) is 0 Å². The molecular formula is C18H20N2O. The number of aliphatic imine (C=N–C) groups is 1. The van der Waals surface area contributed by atoms with Crippen LogP contribution in [0.2, 0.25) is 0 Å². The topological polar surface area (TPSA) is 35.8 Å². The Balaban J connectivity index is 2.08. The lowest BCUT2D eigenvalue weighted by molar-refractivity contribution is 0.474. The van der Waals surface area contributed by atoms with Crippen molar-refractivity contribution >= 4 is 11.5 Å². The summed E-state index contributed by atoms with van der Waals surface area (Å²) < 4.78 is 0. The zero-order chi connectivity index (χ0) is 15.0. The van der Waals surface area contributed by atoms with Gasteiger partial charge in [-0.05, 0) is 44.0 Å². The molecule has 0 fully saturated rings. The Bertz CT molecular complexity index is 696. The Morgan fingerprint density at radius 1 is 1.05 bits per heavy atom. The molecule has 0 unspecified atom stereocenters. The molecule has 0 bridgehead atoms. The highest BCUT2D eigenvalue weighted by molar-refractivity contribution is 6.13. The maximum absolute atomic E-state index is 10.1. The first kappa shape index (κ1) is 13.7. The van der Waals surface area contributed by atoms with E-state index in [-0.39, 0.29) is 5.75 Å². The second-order valence-electron chi connectivity index (χ2n) is 5.62. The van der Waals surface area contributed by atoms with Gasteiger partial charge in [-0.3, -0.25) is 4.99 Å². The SMILES string of the molecule is Cc1cc(C)c(N2CCN=C2c2ccccc2O)c(C)c1. The number of hydrogen-bond acceptors (Lipinski definition) is 3. The molecule has 0 aliphatic carbocycles. The first-order valence-corrected chi connectivity index (χ1v) is 7.26. The third-order valence-electron chi connectivity index (χ3n) is 3.89. The highest BCUT2D eigenvalue weighted by Crippen LogP contribution is 2.31. The van der Waals surface area contributed by atoms with E-state index in [1.54, 1.807) is 6.07 Å². The van der Waals surface area contributed by atoms with Crippen molar-refractivity contribution in [3.05, 3.63) is 58.7 Å². The summed E-state index contributed by atoms with van der Waals surface area (Å²) in [6.07, 6.45) is 0. The van der Waals surface area contributed by atoms with Gasteiger partial charge in [-0.15, -0.1) is 0 Å². The maximum Gasteiger partial charge on any atom is 0.139 e. The van der Waals surface area contributed by atoms with Gasteiger partial charge in [0.05, 0.1) is 12.1 Å². The van der Waals surface area contributed by atoms with Crippen LogP contribution in [0.5, 0.6) is 5.75 Å². The number of nitrogens with zero attached hydrogens (tertiary/aromatic N) is 2. The van der Waals surface area contributed by atoms with Gasteiger partial charge in [-0.25, -0.2) is 0 Å². The van der Waals surface area contributed by atoms with Crippen LogP contribution in [0.3, 0.4) is 0 Å². The van der Waals surface area contributed by atoms with Crippen LogP contribution >= 0.6 is 0 Å². The number of aryl methyl sites for hydroxylation is 3. The summed E-state index contributed by atoms with van der Waals surface area (Å²) in [6.45, 7) is 8.00. The number of benzene rings is 2. The van der Waals surface area contributed by atoms with Crippen LogP contribution in [0.15, 0.2) is 41.4 Å². The van der Waals surface area contributed by atoms with E-state index in [0.29, 0.717) is 0 Å². The summed E-state index contributed by atoms with van der Waals surface area (Å²) in [7, 11) is 0. The average Bonchev–Trinajstić information content (AvgIpc) is 2.87. The molecule has 0 saturated heterocycles. The predicted octanol–water partition coefficient (Wildman–Crippen LogP) is 3.58. The molecule has 2 aromatic rings. The van der Waals surface area contributed by atoms with Crippen molar-refractivity contribution in [3.63, 3.8) is 0 Å². The van der Waals surface area contributed by atoms with Crippen LogP contribution in [0.4, 0.5) is 5.69 Å². The number of phenolic OH excluding ortho intramolecular Hbond substituents is 1. The number of hydrogen-bond donors (Lipinski definition) is 1. The Morgan fingerprint density at radius 3 is 2.38 bits per heavy atom. The molecule has 0 aromatic heterocycles. The summed E-state index contributed by atoms with van der Waals surface area (Å²) >= 11 is 0. The van der Waals surface area contributed by atoms with Gasteiger partial charge < -0.3 is 10.0 Å². The van der Waals surface area contributed by atoms with Gasteiger partial charge in [0, 0.05) is 12.2 Å². The minimum Gasteiger partial charge on any atom is -0.507 e. The van der Waals surface area contributed by atoms with E-state index >= 15 is 0 Å². The van der Waals surface area contributed by atoms with Gasteiger partial charge in [0.15, 0.2) is 0 Å². The number of para-hydroxylation sites is 1. The van der Waals surface area contributed by atoms with E-state index < -0.39 is 0 Å². The maximum atomic E-state index is 10.1. The first-order chi connectivity index (χ1) is 10.1. The van der Waals surface area contributed by atoms with Gasteiger partial charge in [-0.1, -0.05) is 29.8 Å². The lowest BCUT2D eigenvalue weighted by Gasteiger charge is -2.25. The molecule has 3 heteroatoms. The molecule has 0 atom stereocenters. The van der Waals surface area contributed by atoms with Crippen molar-refractivity contribution in [1.82, 2.24) is 0 Å². The summed E-state index contributed by atoms with van der Waals surface area (Å²) in [5.41, 5.74) is 5.78. The summed E-state index contributed by atoms with van der Waals surface area (Å²) in [6, 6.07) is 11.8. The number of aromatic hydroxyl groups is 1. The van der Waals surface area contributed by atoms with Crippen LogP contribution in [0, 0.1) is 20.8 Å². The molecule has 3 rings (SSSR count). The van der Waals surface area contributed by atoms with Crippen LogP contribution < -0.4 is 4.90 Å². The molecule has 0 radical (unpaired) electrons. The first-order valence-electron chi connectivity index (χ1n) is 7.26. The molecule has 0 saturated carbocycles. The predicted molar refractivity (Wildman–Crippen MR) is 87.5 cm³/mol. The molecule has 108 valence electrons. The Labute approximate surface area is 125 Å². The Hall–Kier alpha value is -2.29. The molecule has 1 aliphatic heterocycles. The number of phenols is 1. The minimum absolute atomic E-state index is 0.283. The van der Waals surface area contributed by atoms with Crippen molar-refractivity contribution in [2.24, 2.45) is 4.99 Å². The van der Waals surface area contributed by atoms with Gasteiger partial charge in [-0.2, -0.15) is 0 Å². The molecule has 1 heterocycles. The van der Waals surface area contributed by atoms with Crippen molar-refractivity contribution < 1.29 is 5.11 Å². The van der Waals surface area contributed by atoms with Crippen LogP contribution in [0.1, 0.15) is 22.3 Å². The van der Waals surface area contributed by atoms with Crippen molar-refractivity contribution in [2.45, 2.75) is 20.8 Å². The van der Waals surface area contributed by atoms with Gasteiger partial charge in [0.1, 0.15) is 11.6 Å². The normalized spacial score (nSPS) is 14.4. The van der Waals surface area contributed by atoms with Gasteiger partial charge >= 0.3 is 0 Å². The van der Waals surface area contributed by atoms with E-state index in [0.717, 1.165) is 24.5 Å². The fourth-order valence-corrected chi connectivity index (χ4v) is 3.16. The Morgan fingerprint density at radius 2 is 1.71 bits per heavy atom. The quantitative estimate of drug-likeness (QED) is 0.912. The van der Waals surface area contributed by atoms with Crippen molar-refractivity contribution in [2.75, 3.05) is 18.0 Å². The molecule has 2 aromatic carbocycles. The number of amidine groups is 1. The lowest BCUT2D eigenvalue weighted by Crippen LogP contribution is -2.29. The largest absolute Gasteiger partial charge is 0.507 e. The highest BCUT2D eigenvalue weighted by Gasteiger charge is 2.24. The molecule has 0 amide bonds. The van der Waals surface area contributed by atoms with E-state index in [1.165, 1.54) is 22.4 Å². The summed E-state index contributed by atoms with van der Waals surface area (Å²) in [4.78, 5) is 6.83. The van der Waals surface area contributed by atoms with E-state index in [1.807, 2.05) is 18.2 Å². The second-order valence-corrected chi connectivity index (χ2v) is 5.62. The van der Waals surface area contributed by atoms with E-state index in [4.69, 9.17) is 0 Å². The van der Waals surface area contributed by atoms with Crippen LogP contribution in [-0.4, -0.2) is 24.0 Å². The van der Waals surface area contributed by atoms with Gasteiger partial charge in [0.2, 0.25) is 0 Å². The molecule has 3 nitrogen and oxygen atoms in total. The monoisotopic (exact) mass is 280 g/mol. The number of anilines is 1. The molecule has 1 aliphatic rings. The molecule has 0 spiro atoms. The fraction of sp³-hybridized carbons (Fsp3) is 0.278. The van der Waals surface area contributed by atoms with Crippen molar-refractivity contribution in [1.29, 1.82) is 0 Å². The van der Waals surface area contributed by atoms with Crippen molar-refractivity contribution in [3.8, 4) is 5.75 Å². The standard InChI is InChI=1S/C18H20N2O/c1-12-10-13(2)17(14(3)11-12)20-9-8-19-18(20)15-6-4-5-7-16(15)21/h4-7,10-11,21H,8-9H2,1-3H3. The third-order valence-corrected chi connectivity index (χ3v) is 3.89. The fourth-order valence-electron chi connectivity index (χ4n) is 3.16. The zero-order valence-corrected chi connectivity index (χ0v) is 12.7. The third kappa shape index (κ3) is 2.40.